The first-order valence-corrected chi connectivity index (χ1v) is 7.86. The van der Waals surface area contributed by atoms with Crippen molar-refractivity contribution in [1.29, 1.82) is 0 Å². The van der Waals surface area contributed by atoms with Gasteiger partial charge in [0, 0.05) is 13.1 Å². The van der Waals surface area contributed by atoms with E-state index in [4.69, 9.17) is 9.47 Å². The molecular weight excluding hydrogens is 284 g/mol. The lowest BCUT2D eigenvalue weighted by atomic mass is 9.87. The Hall–Kier alpha value is -1.30. The van der Waals surface area contributed by atoms with E-state index < -0.39 is 5.60 Å². The molecule has 0 bridgehead atoms. The van der Waals surface area contributed by atoms with E-state index in [1.54, 1.807) is 4.90 Å². The molecule has 0 aromatic carbocycles. The summed E-state index contributed by atoms with van der Waals surface area (Å²) in [6.45, 7) is 10.3. The van der Waals surface area contributed by atoms with Gasteiger partial charge >= 0.3 is 12.1 Å². The Bertz CT molecular complexity index is 403. The largest absolute Gasteiger partial charge is 0.446 e. The summed E-state index contributed by atoms with van der Waals surface area (Å²) in [5.74, 6) is -0.355. The number of esters is 1. The van der Waals surface area contributed by atoms with E-state index >= 15 is 0 Å². The van der Waals surface area contributed by atoms with Crippen LogP contribution in [0.5, 0.6) is 0 Å². The molecule has 1 heterocycles. The highest BCUT2D eigenvalue weighted by Gasteiger charge is 2.36. The normalized spacial score (nSPS) is 24.1. The molecular formula is C16H30N2O4. The van der Waals surface area contributed by atoms with Gasteiger partial charge < -0.3 is 14.4 Å². The van der Waals surface area contributed by atoms with Crippen LogP contribution in [0.1, 0.15) is 41.0 Å². The second kappa shape index (κ2) is 7.31. The summed E-state index contributed by atoms with van der Waals surface area (Å²) in [6.07, 6.45) is 0.129. The summed E-state index contributed by atoms with van der Waals surface area (Å²) in [5.41, 5.74) is -0.532. The first-order valence-electron chi connectivity index (χ1n) is 7.86. The van der Waals surface area contributed by atoms with Gasteiger partial charge in [-0.2, -0.15) is 0 Å². The number of likely N-dealkylation sites (tertiary alicyclic amines) is 1. The highest BCUT2D eigenvalue weighted by atomic mass is 16.6. The van der Waals surface area contributed by atoms with Crippen LogP contribution in [0.3, 0.4) is 0 Å². The summed E-state index contributed by atoms with van der Waals surface area (Å²) in [4.78, 5) is 28.0. The molecule has 0 aliphatic carbocycles. The van der Waals surface area contributed by atoms with Gasteiger partial charge in [0.05, 0.1) is 5.92 Å². The molecule has 1 aliphatic rings. The monoisotopic (exact) mass is 314 g/mol. The van der Waals surface area contributed by atoms with Crippen LogP contribution in [0, 0.1) is 11.8 Å². The summed E-state index contributed by atoms with van der Waals surface area (Å²) < 4.78 is 10.8. The Morgan fingerprint density at radius 2 is 1.86 bits per heavy atom. The van der Waals surface area contributed by atoms with Gasteiger partial charge in [0.1, 0.15) is 5.60 Å². The third-order valence-electron chi connectivity index (χ3n) is 3.93. The number of ether oxygens (including phenoxy) is 2. The molecule has 0 N–H and O–H groups in total. The number of rotatable bonds is 3. The van der Waals surface area contributed by atoms with Crippen molar-refractivity contribution in [2.45, 2.75) is 52.9 Å². The van der Waals surface area contributed by atoms with Crippen molar-refractivity contribution in [3.8, 4) is 0 Å². The van der Waals surface area contributed by atoms with Crippen LogP contribution >= 0.6 is 0 Å². The maximum atomic E-state index is 12.3. The maximum absolute atomic E-state index is 12.3. The maximum Gasteiger partial charge on any atom is 0.410 e. The zero-order valence-corrected chi connectivity index (χ0v) is 14.9. The molecule has 0 spiro atoms. The number of nitrogens with zero attached hydrogens (tertiary/aromatic N) is 2. The molecule has 0 aromatic heterocycles. The molecule has 1 aliphatic heterocycles. The molecule has 6 heteroatoms. The number of piperidine rings is 1. The summed E-state index contributed by atoms with van der Waals surface area (Å²) in [7, 11) is 3.71. The van der Waals surface area contributed by atoms with Crippen molar-refractivity contribution in [1.82, 2.24) is 9.80 Å². The molecule has 3 atom stereocenters. The fourth-order valence-electron chi connectivity index (χ4n) is 2.23. The van der Waals surface area contributed by atoms with Crippen molar-refractivity contribution in [3.05, 3.63) is 0 Å². The Kier molecular flexibility index (Phi) is 6.23. The highest BCUT2D eigenvalue weighted by molar-refractivity contribution is 5.75. The van der Waals surface area contributed by atoms with E-state index in [1.807, 2.05) is 53.6 Å². The molecule has 22 heavy (non-hydrogen) atoms. The van der Waals surface area contributed by atoms with Crippen LogP contribution < -0.4 is 0 Å². The van der Waals surface area contributed by atoms with Gasteiger partial charge in [-0.05, 0) is 54.1 Å². The molecule has 1 amide bonds. The molecule has 0 saturated carbocycles. The lowest BCUT2D eigenvalue weighted by Gasteiger charge is -2.37. The summed E-state index contributed by atoms with van der Waals surface area (Å²) in [5, 5.41) is 0. The van der Waals surface area contributed by atoms with Crippen LogP contribution in [0.2, 0.25) is 0 Å². The Morgan fingerprint density at radius 3 is 2.36 bits per heavy atom. The average molecular weight is 314 g/mol. The third kappa shape index (κ3) is 5.48. The first kappa shape index (κ1) is 18.7. The van der Waals surface area contributed by atoms with E-state index in [1.165, 1.54) is 0 Å². The van der Waals surface area contributed by atoms with Crippen molar-refractivity contribution in [2.75, 3.05) is 27.2 Å². The molecule has 1 saturated heterocycles. The number of carbonyl (C=O) groups is 2. The predicted molar refractivity (Wildman–Crippen MR) is 84.3 cm³/mol. The van der Waals surface area contributed by atoms with E-state index in [0.29, 0.717) is 13.1 Å². The number of hydrogen-bond acceptors (Lipinski definition) is 5. The Labute approximate surface area is 133 Å². The van der Waals surface area contributed by atoms with Crippen LogP contribution in [0.4, 0.5) is 4.79 Å². The lowest BCUT2D eigenvalue weighted by molar-refractivity contribution is -0.164. The van der Waals surface area contributed by atoms with Crippen molar-refractivity contribution < 1.29 is 19.1 Å². The van der Waals surface area contributed by atoms with Crippen LogP contribution in [-0.2, 0) is 14.3 Å². The van der Waals surface area contributed by atoms with E-state index in [0.717, 1.165) is 6.42 Å². The average Bonchev–Trinajstić information content (AvgIpc) is 2.36. The molecule has 128 valence electrons. The molecule has 0 aromatic rings. The molecule has 1 rings (SSSR count). The topological polar surface area (TPSA) is 59.1 Å². The van der Waals surface area contributed by atoms with Gasteiger partial charge in [-0.25, -0.2) is 4.79 Å². The van der Waals surface area contributed by atoms with Gasteiger partial charge in [-0.3, -0.25) is 9.69 Å². The van der Waals surface area contributed by atoms with E-state index in [-0.39, 0.29) is 30.1 Å². The van der Waals surface area contributed by atoms with Gasteiger partial charge in [0.25, 0.3) is 0 Å². The number of hydrogen-bond donors (Lipinski definition) is 0. The second-order valence-corrected chi connectivity index (χ2v) is 7.30. The Morgan fingerprint density at radius 1 is 1.27 bits per heavy atom. The lowest BCUT2D eigenvalue weighted by Crippen LogP contribution is -2.48. The number of amides is 1. The third-order valence-corrected chi connectivity index (χ3v) is 3.93. The minimum absolute atomic E-state index is 0.195. The smallest absolute Gasteiger partial charge is 0.410 e. The zero-order chi connectivity index (χ0) is 17.1. The minimum atomic E-state index is -0.532. The van der Waals surface area contributed by atoms with Crippen LogP contribution in [-0.4, -0.2) is 60.9 Å². The van der Waals surface area contributed by atoms with E-state index in [2.05, 4.69) is 0 Å². The minimum Gasteiger partial charge on any atom is -0.446 e. The second-order valence-electron chi connectivity index (χ2n) is 7.30. The summed E-state index contributed by atoms with van der Waals surface area (Å²) >= 11 is 0. The summed E-state index contributed by atoms with van der Waals surface area (Å²) in [6, 6.07) is 0. The van der Waals surface area contributed by atoms with Gasteiger partial charge in [-0.1, -0.05) is 6.92 Å². The van der Waals surface area contributed by atoms with Crippen LogP contribution in [0.25, 0.3) is 0 Å². The van der Waals surface area contributed by atoms with Crippen molar-refractivity contribution >= 4 is 12.1 Å². The fraction of sp³-hybridized carbons (Fsp3) is 0.875. The number of carbonyl (C=O) groups excluding carboxylic acids is 2. The SMILES string of the molecule is CC1CCN(C(=O)OC(C)(C)C)CC1C(=O)O[C@@H](C)N(C)C. The molecule has 0 radical (unpaired) electrons. The quantitative estimate of drug-likeness (QED) is 0.591. The zero-order valence-electron chi connectivity index (χ0n) is 14.9. The first-order chi connectivity index (χ1) is 10.0. The standard InChI is InChI=1S/C16H30N2O4/c1-11-8-9-18(15(20)22-16(3,4)5)10-13(11)14(19)21-12(2)17(6)7/h11-13H,8-10H2,1-7H3/t11?,12-,13?/m0/s1. The Balaban J connectivity index is 2.67. The van der Waals surface area contributed by atoms with Crippen molar-refractivity contribution in [2.24, 2.45) is 11.8 Å². The van der Waals surface area contributed by atoms with Crippen molar-refractivity contribution in [3.63, 3.8) is 0 Å². The van der Waals surface area contributed by atoms with Gasteiger partial charge in [0.15, 0.2) is 6.23 Å². The predicted octanol–water partition coefficient (Wildman–Crippen LogP) is 2.33. The molecule has 6 nitrogen and oxygen atoms in total. The fourth-order valence-corrected chi connectivity index (χ4v) is 2.23. The molecule has 2 unspecified atom stereocenters. The van der Waals surface area contributed by atoms with Crippen LogP contribution in [0.15, 0.2) is 0 Å². The van der Waals surface area contributed by atoms with Gasteiger partial charge in [0.2, 0.25) is 0 Å². The van der Waals surface area contributed by atoms with Gasteiger partial charge in [-0.15, -0.1) is 0 Å². The van der Waals surface area contributed by atoms with E-state index in [9.17, 15) is 9.59 Å². The highest BCUT2D eigenvalue weighted by Crippen LogP contribution is 2.26. The molecule has 1 fully saturated rings.